The largest absolute Gasteiger partial charge is 0.573 e. The first kappa shape index (κ1) is 17.6. The van der Waals surface area contributed by atoms with Crippen LogP contribution in [0.1, 0.15) is 16.1 Å². The van der Waals surface area contributed by atoms with E-state index in [1.165, 1.54) is 0 Å². The summed E-state index contributed by atoms with van der Waals surface area (Å²) in [6, 6.07) is 4.29. The van der Waals surface area contributed by atoms with Crippen molar-refractivity contribution >= 4 is 5.97 Å². The second kappa shape index (κ2) is 6.02. The molecule has 0 saturated carbocycles. The molecule has 0 aliphatic carbocycles. The van der Waals surface area contributed by atoms with Crippen molar-refractivity contribution in [3.8, 4) is 16.9 Å². The number of benzene rings is 1. The van der Waals surface area contributed by atoms with Gasteiger partial charge in [-0.2, -0.15) is 13.2 Å². The van der Waals surface area contributed by atoms with Crippen molar-refractivity contribution in [1.82, 2.24) is 4.98 Å². The molecule has 0 saturated heterocycles. The molecule has 1 aromatic carbocycles. The van der Waals surface area contributed by atoms with E-state index < -0.39 is 35.5 Å². The van der Waals surface area contributed by atoms with Gasteiger partial charge in [-0.05, 0) is 23.8 Å². The monoisotopic (exact) mass is 351 g/mol. The van der Waals surface area contributed by atoms with Gasteiger partial charge >= 0.3 is 18.5 Å². The molecule has 1 N–H and O–H groups in total. The fraction of sp³-hybridized carbons (Fsp3) is 0.143. The number of carbonyl (C=O) groups is 1. The lowest BCUT2D eigenvalue weighted by atomic mass is 10.0. The predicted octanol–water partition coefficient (Wildman–Crippen LogP) is 4.36. The Morgan fingerprint density at radius 2 is 1.62 bits per heavy atom. The maximum atomic E-state index is 12.7. The molecule has 0 bridgehead atoms. The lowest BCUT2D eigenvalue weighted by Crippen LogP contribution is -2.17. The van der Waals surface area contributed by atoms with Crippen molar-refractivity contribution < 1.29 is 41.0 Å². The normalized spacial score (nSPS) is 12.1. The van der Waals surface area contributed by atoms with Crippen molar-refractivity contribution in [3.05, 3.63) is 47.8 Å². The fourth-order valence-corrected chi connectivity index (χ4v) is 1.85. The van der Waals surface area contributed by atoms with Gasteiger partial charge in [0, 0.05) is 11.8 Å². The Kier molecular flexibility index (Phi) is 4.41. The third-order valence-electron chi connectivity index (χ3n) is 2.82. The molecule has 0 fully saturated rings. The van der Waals surface area contributed by atoms with E-state index in [4.69, 9.17) is 5.11 Å². The van der Waals surface area contributed by atoms with Crippen molar-refractivity contribution in [2.45, 2.75) is 12.5 Å². The van der Waals surface area contributed by atoms with Crippen molar-refractivity contribution in [1.29, 1.82) is 0 Å². The molecule has 0 aliphatic heterocycles. The number of ether oxygens (including phenoxy) is 1. The number of halogens is 6. The van der Waals surface area contributed by atoms with Crippen LogP contribution in [0.15, 0.2) is 36.5 Å². The van der Waals surface area contributed by atoms with Crippen LogP contribution in [-0.4, -0.2) is 22.4 Å². The number of aromatic carboxylic acids is 1. The Balaban J connectivity index is 2.48. The summed E-state index contributed by atoms with van der Waals surface area (Å²) in [6.07, 6.45) is -9.31. The summed E-state index contributed by atoms with van der Waals surface area (Å²) in [7, 11) is 0. The van der Waals surface area contributed by atoms with Crippen LogP contribution >= 0.6 is 0 Å². The molecule has 0 aliphatic rings. The highest BCUT2D eigenvalue weighted by atomic mass is 19.4. The maximum absolute atomic E-state index is 12.7. The molecule has 0 spiro atoms. The molecule has 0 amide bonds. The van der Waals surface area contributed by atoms with E-state index >= 15 is 0 Å². The molecule has 1 heterocycles. The minimum absolute atomic E-state index is 0.0551. The Labute approximate surface area is 130 Å². The molecular weight excluding hydrogens is 344 g/mol. The number of aromatic nitrogens is 1. The Morgan fingerprint density at radius 1 is 1.04 bits per heavy atom. The summed E-state index contributed by atoms with van der Waals surface area (Å²) >= 11 is 0. The number of carboxylic acids is 1. The van der Waals surface area contributed by atoms with E-state index in [2.05, 4.69) is 9.72 Å². The van der Waals surface area contributed by atoms with Crippen LogP contribution in [0.25, 0.3) is 11.1 Å². The smallest absolute Gasteiger partial charge is 0.476 e. The number of nitrogens with zero attached hydrogens (tertiary/aromatic N) is 1. The highest BCUT2D eigenvalue weighted by molar-refractivity contribution is 5.94. The number of rotatable bonds is 3. The van der Waals surface area contributed by atoms with E-state index in [1.54, 1.807) is 0 Å². The Morgan fingerprint density at radius 3 is 2.08 bits per heavy atom. The maximum Gasteiger partial charge on any atom is 0.573 e. The number of hydrogen-bond acceptors (Lipinski definition) is 3. The third kappa shape index (κ3) is 4.15. The van der Waals surface area contributed by atoms with Crippen LogP contribution in [0.2, 0.25) is 0 Å². The summed E-state index contributed by atoms with van der Waals surface area (Å²) in [5, 5.41) is 9.01. The first-order chi connectivity index (χ1) is 11.0. The molecule has 0 radical (unpaired) electrons. The lowest BCUT2D eigenvalue weighted by molar-refractivity contribution is -0.274. The standard InChI is InChI=1S/C14H7F6NO3/c15-13(16,17)8-5-10(11(12(22)23)21-6-8)7-1-3-9(4-2-7)24-14(18,19)20/h1-6H,(H,22,23). The Bertz CT molecular complexity index is 753. The quantitative estimate of drug-likeness (QED) is 0.835. The number of alkyl halides is 6. The number of carboxylic acid groups (broad SMARTS) is 1. The minimum Gasteiger partial charge on any atom is -0.476 e. The summed E-state index contributed by atoms with van der Waals surface area (Å²) < 4.78 is 78.1. The summed E-state index contributed by atoms with van der Waals surface area (Å²) in [5.74, 6) is -2.17. The van der Waals surface area contributed by atoms with Gasteiger partial charge in [0.25, 0.3) is 0 Å². The molecule has 2 rings (SSSR count). The molecule has 4 nitrogen and oxygen atoms in total. The summed E-state index contributed by atoms with van der Waals surface area (Å²) in [4.78, 5) is 14.4. The van der Waals surface area contributed by atoms with Crippen LogP contribution in [-0.2, 0) is 6.18 Å². The Hall–Kier alpha value is -2.78. The number of hydrogen-bond donors (Lipinski definition) is 1. The fourth-order valence-electron chi connectivity index (χ4n) is 1.85. The van der Waals surface area contributed by atoms with Crippen LogP contribution in [0.3, 0.4) is 0 Å². The minimum atomic E-state index is -4.93. The predicted molar refractivity (Wildman–Crippen MR) is 68.3 cm³/mol. The zero-order valence-electron chi connectivity index (χ0n) is 11.4. The van der Waals surface area contributed by atoms with E-state index in [0.717, 1.165) is 24.3 Å². The van der Waals surface area contributed by atoms with Crippen LogP contribution in [0.4, 0.5) is 26.3 Å². The van der Waals surface area contributed by atoms with Crippen LogP contribution in [0, 0.1) is 0 Å². The van der Waals surface area contributed by atoms with Gasteiger partial charge in [-0.1, -0.05) is 12.1 Å². The number of pyridine rings is 1. The first-order valence-electron chi connectivity index (χ1n) is 6.14. The second-order valence-corrected chi connectivity index (χ2v) is 4.50. The average molecular weight is 351 g/mol. The van der Waals surface area contributed by atoms with E-state index in [9.17, 15) is 31.1 Å². The van der Waals surface area contributed by atoms with Crippen molar-refractivity contribution in [2.75, 3.05) is 0 Å². The molecule has 2 aromatic rings. The van der Waals surface area contributed by atoms with Gasteiger partial charge in [-0.3, -0.25) is 0 Å². The van der Waals surface area contributed by atoms with E-state index in [0.29, 0.717) is 12.3 Å². The van der Waals surface area contributed by atoms with Gasteiger partial charge in [-0.25, -0.2) is 9.78 Å². The zero-order chi connectivity index (χ0) is 18.1. The van der Waals surface area contributed by atoms with Gasteiger partial charge in [0.1, 0.15) is 5.75 Å². The lowest BCUT2D eigenvalue weighted by Gasteiger charge is -2.12. The van der Waals surface area contributed by atoms with Crippen molar-refractivity contribution in [2.24, 2.45) is 0 Å². The van der Waals surface area contributed by atoms with Gasteiger partial charge in [0.15, 0.2) is 5.69 Å². The average Bonchev–Trinajstić information content (AvgIpc) is 2.44. The molecule has 0 unspecified atom stereocenters. The second-order valence-electron chi connectivity index (χ2n) is 4.50. The van der Waals surface area contributed by atoms with Gasteiger partial charge in [-0.15, -0.1) is 13.2 Å². The van der Waals surface area contributed by atoms with Gasteiger partial charge in [0.2, 0.25) is 0 Å². The van der Waals surface area contributed by atoms with Crippen LogP contribution in [0.5, 0.6) is 5.75 Å². The highest BCUT2D eigenvalue weighted by Crippen LogP contribution is 2.34. The van der Waals surface area contributed by atoms with E-state index in [1.807, 2.05) is 0 Å². The molecule has 128 valence electrons. The highest BCUT2D eigenvalue weighted by Gasteiger charge is 2.33. The van der Waals surface area contributed by atoms with Gasteiger partial charge < -0.3 is 9.84 Å². The molecule has 10 heteroatoms. The summed E-state index contributed by atoms with van der Waals surface area (Å²) in [6.45, 7) is 0. The van der Waals surface area contributed by atoms with E-state index in [-0.39, 0.29) is 11.1 Å². The third-order valence-corrected chi connectivity index (χ3v) is 2.82. The van der Waals surface area contributed by atoms with Gasteiger partial charge in [0.05, 0.1) is 5.56 Å². The van der Waals surface area contributed by atoms with Crippen LogP contribution < -0.4 is 4.74 Å². The SMILES string of the molecule is O=C(O)c1ncc(C(F)(F)F)cc1-c1ccc(OC(F)(F)F)cc1. The molecular formula is C14H7F6NO3. The van der Waals surface area contributed by atoms with Crippen molar-refractivity contribution in [3.63, 3.8) is 0 Å². The topological polar surface area (TPSA) is 59.4 Å². The molecule has 1 aromatic heterocycles. The first-order valence-corrected chi connectivity index (χ1v) is 6.14. The zero-order valence-corrected chi connectivity index (χ0v) is 11.4. The molecule has 0 atom stereocenters. The summed E-state index contributed by atoms with van der Waals surface area (Å²) in [5.41, 5.74) is -2.28. The molecule has 24 heavy (non-hydrogen) atoms.